The maximum Gasteiger partial charge on any atom is 0.309 e. The molecular formula is C18H21ClN2O4. The van der Waals surface area contributed by atoms with Gasteiger partial charge in [0.15, 0.2) is 0 Å². The van der Waals surface area contributed by atoms with Crippen molar-refractivity contribution >= 4 is 23.4 Å². The van der Waals surface area contributed by atoms with Crippen LogP contribution in [0.5, 0.6) is 0 Å². The Morgan fingerprint density at radius 3 is 2.52 bits per heavy atom. The van der Waals surface area contributed by atoms with E-state index in [1.807, 2.05) is 0 Å². The number of rotatable bonds is 6. The Hall–Kier alpha value is -2.31. The number of amides is 2. The summed E-state index contributed by atoms with van der Waals surface area (Å²) in [6, 6.07) is 8.83. The van der Waals surface area contributed by atoms with Crippen LogP contribution < -0.4 is 10.6 Å². The molecule has 3 N–H and O–H groups in total. The van der Waals surface area contributed by atoms with E-state index < -0.39 is 17.9 Å². The number of aryl methyl sites for hydroxylation is 2. The van der Waals surface area contributed by atoms with Crippen LogP contribution in [0, 0.1) is 13.8 Å². The molecular weight excluding hydrogens is 344 g/mol. The van der Waals surface area contributed by atoms with E-state index in [2.05, 4.69) is 10.6 Å². The van der Waals surface area contributed by atoms with Crippen LogP contribution in [-0.2, 0) is 16.1 Å². The average Bonchev–Trinajstić information content (AvgIpc) is 2.92. The molecule has 25 heavy (non-hydrogen) atoms. The van der Waals surface area contributed by atoms with Crippen molar-refractivity contribution in [2.24, 2.45) is 0 Å². The van der Waals surface area contributed by atoms with Crippen molar-refractivity contribution in [3.8, 4) is 0 Å². The summed E-state index contributed by atoms with van der Waals surface area (Å²) in [5, 5.41) is 15.6. The fourth-order valence-corrected chi connectivity index (χ4v) is 2.64. The van der Waals surface area contributed by atoms with E-state index in [1.165, 1.54) is 0 Å². The predicted octanol–water partition coefficient (Wildman–Crippen LogP) is 2.41. The molecule has 1 aromatic carbocycles. The number of aliphatic hydroxyl groups excluding tert-OH is 1. The van der Waals surface area contributed by atoms with Gasteiger partial charge in [-0.2, -0.15) is 0 Å². The summed E-state index contributed by atoms with van der Waals surface area (Å²) in [4.78, 5) is 23.6. The molecule has 0 saturated heterocycles. The molecule has 0 fully saturated rings. The molecule has 2 rings (SSSR count). The lowest BCUT2D eigenvalue weighted by molar-refractivity contribution is -0.139. The monoisotopic (exact) mass is 364 g/mol. The van der Waals surface area contributed by atoms with Gasteiger partial charge in [-0.1, -0.05) is 29.8 Å². The van der Waals surface area contributed by atoms with Crippen LogP contribution in [0.25, 0.3) is 0 Å². The Morgan fingerprint density at radius 2 is 1.88 bits per heavy atom. The maximum absolute atomic E-state index is 11.8. The molecule has 2 amide bonds. The zero-order chi connectivity index (χ0) is 18.4. The molecule has 1 unspecified atom stereocenters. The SMILES string of the molecule is Cc1cc(C(O)CCNC(=O)C(=O)NCc2ccccc2Cl)c(C)o1. The average molecular weight is 365 g/mol. The fraction of sp³-hybridized carbons (Fsp3) is 0.333. The van der Waals surface area contributed by atoms with Crippen molar-refractivity contribution in [2.45, 2.75) is 32.9 Å². The van der Waals surface area contributed by atoms with Crippen molar-refractivity contribution in [1.82, 2.24) is 10.6 Å². The summed E-state index contributed by atoms with van der Waals surface area (Å²) in [5.74, 6) is -0.132. The first-order chi connectivity index (χ1) is 11.9. The van der Waals surface area contributed by atoms with Crippen LogP contribution in [0.1, 0.15) is 35.2 Å². The van der Waals surface area contributed by atoms with Gasteiger partial charge in [-0.15, -0.1) is 0 Å². The number of nitrogens with one attached hydrogen (secondary N) is 2. The molecule has 1 atom stereocenters. The third-order valence-electron chi connectivity index (χ3n) is 3.75. The number of aliphatic hydroxyl groups is 1. The largest absolute Gasteiger partial charge is 0.466 e. The van der Waals surface area contributed by atoms with E-state index in [9.17, 15) is 14.7 Å². The Balaban J connectivity index is 1.75. The molecule has 0 aliphatic carbocycles. The maximum atomic E-state index is 11.8. The lowest BCUT2D eigenvalue weighted by Crippen LogP contribution is -2.40. The first kappa shape index (κ1) is 19.0. The number of benzene rings is 1. The second-order valence-corrected chi connectivity index (χ2v) is 6.11. The highest BCUT2D eigenvalue weighted by atomic mass is 35.5. The standard InChI is InChI=1S/C18H21ClN2O4/c1-11-9-14(12(2)25-11)16(22)7-8-20-17(23)18(24)21-10-13-5-3-4-6-15(13)19/h3-6,9,16,22H,7-8,10H2,1-2H3,(H,20,23)(H,21,24). The Kier molecular flexibility index (Phi) is 6.61. The van der Waals surface area contributed by atoms with Crippen LogP contribution in [0.4, 0.5) is 0 Å². The van der Waals surface area contributed by atoms with Gasteiger partial charge in [0.05, 0.1) is 6.10 Å². The molecule has 0 bridgehead atoms. The summed E-state index contributed by atoms with van der Waals surface area (Å²) in [7, 11) is 0. The van der Waals surface area contributed by atoms with Gasteiger partial charge in [0, 0.05) is 23.7 Å². The van der Waals surface area contributed by atoms with Crippen molar-refractivity contribution in [1.29, 1.82) is 0 Å². The smallest absolute Gasteiger partial charge is 0.309 e. The van der Waals surface area contributed by atoms with E-state index in [1.54, 1.807) is 44.2 Å². The molecule has 6 nitrogen and oxygen atoms in total. The van der Waals surface area contributed by atoms with Gasteiger partial charge >= 0.3 is 11.8 Å². The van der Waals surface area contributed by atoms with Crippen LogP contribution in [0.2, 0.25) is 5.02 Å². The molecule has 2 aromatic rings. The molecule has 0 radical (unpaired) electrons. The van der Waals surface area contributed by atoms with Crippen LogP contribution in [0.15, 0.2) is 34.7 Å². The van der Waals surface area contributed by atoms with Crippen LogP contribution in [0.3, 0.4) is 0 Å². The number of carbonyl (C=O) groups is 2. The highest BCUT2D eigenvalue weighted by molar-refractivity contribution is 6.35. The van der Waals surface area contributed by atoms with Gasteiger partial charge < -0.3 is 20.2 Å². The Morgan fingerprint density at radius 1 is 1.20 bits per heavy atom. The predicted molar refractivity (Wildman–Crippen MR) is 94.1 cm³/mol. The summed E-state index contributed by atoms with van der Waals surface area (Å²) in [6.45, 7) is 3.91. The zero-order valence-corrected chi connectivity index (χ0v) is 14.9. The van der Waals surface area contributed by atoms with Gasteiger partial charge in [0.2, 0.25) is 0 Å². The van der Waals surface area contributed by atoms with Crippen molar-refractivity contribution < 1.29 is 19.1 Å². The molecule has 1 aromatic heterocycles. The number of carbonyl (C=O) groups excluding carboxylic acids is 2. The third-order valence-corrected chi connectivity index (χ3v) is 4.11. The van der Waals surface area contributed by atoms with Gasteiger partial charge in [-0.3, -0.25) is 9.59 Å². The fourth-order valence-electron chi connectivity index (χ4n) is 2.44. The van der Waals surface area contributed by atoms with Crippen molar-refractivity contribution in [2.75, 3.05) is 6.54 Å². The molecule has 0 saturated carbocycles. The summed E-state index contributed by atoms with van der Waals surface area (Å²) in [5.41, 5.74) is 1.42. The first-order valence-electron chi connectivity index (χ1n) is 7.93. The number of halogens is 1. The molecule has 7 heteroatoms. The minimum atomic E-state index is -0.760. The van der Waals surface area contributed by atoms with Crippen LogP contribution in [-0.4, -0.2) is 23.5 Å². The van der Waals surface area contributed by atoms with Gasteiger partial charge in [-0.05, 0) is 38.0 Å². The van der Waals surface area contributed by atoms with Crippen LogP contribution >= 0.6 is 11.6 Å². The van der Waals surface area contributed by atoms with E-state index in [-0.39, 0.29) is 19.5 Å². The molecule has 134 valence electrons. The summed E-state index contributed by atoms with van der Waals surface area (Å²) < 4.78 is 5.36. The summed E-state index contributed by atoms with van der Waals surface area (Å²) in [6.07, 6.45) is -0.479. The molecule has 1 heterocycles. The van der Waals surface area contributed by atoms with Crippen molar-refractivity contribution in [3.63, 3.8) is 0 Å². The third kappa shape index (κ3) is 5.34. The highest BCUT2D eigenvalue weighted by Crippen LogP contribution is 2.23. The Labute approximate surface area is 151 Å². The van der Waals surface area contributed by atoms with E-state index in [0.29, 0.717) is 16.3 Å². The topological polar surface area (TPSA) is 91.6 Å². The zero-order valence-electron chi connectivity index (χ0n) is 14.1. The first-order valence-corrected chi connectivity index (χ1v) is 8.30. The minimum Gasteiger partial charge on any atom is -0.466 e. The van der Waals surface area contributed by atoms with E-state index in [0.717, 1.165) is 11.3 Å². The number of hydrogen-bond donors (Lipinski definition) is 3. The second kappa shape index (κ2) is 8.69. The Bertz CT molecular complexity index is 757. The van der Waals surface area contributed by atoms with Gasteiger partial charge in [-0.25, -0.2) is 0 Å². The summed E-state index contributed by atoms with van der Waals surface area (Å²) >= 11 is 5.99. The number of hydrogen-bond acceptors (Lipinski definition) is 4. The van der Waals surface area contributed by atoms with Gasteiger partial charge in [0.1, 0.15) is 11.5 Å². The molecule has 0 aliphatic heterocycles. The lowest BCUT2D eigenvalue weighted by Gasteiger charge is -2.11. The quantitative estimate of drug-likeness (QED) is 0.686. The molecule has 0 spiro atoms. The number of furan rings is 1. The molecule has 0 aliphatic rings. The second-order valence-electron chi connectivity index (χ2n) is 5.70. The normalized spacial score (nSPS) is 11.8. The van der Waals surface area contributed by atoms with E-state index in [4.69, 9.17) is 16.0 Å². The van der Waals surface area contributed by atoms with Crippen molar-refractivity contribution in [3.05, 3.63) is 58.0 Å². The van der Waals surface area contributed by atoms with E-state index >= 15 is 0 Å². The lowest BCUT2D eigenvalue weighted by atomic mass is 10.1. The van der Waals surface area contributed by atoms with Gasteiger partial charge in [0.25, 0.3) is 0 Å². The highest BCUT2D eigenvalue weighted by Gasteiger charge is 2.17. The minimum absolute atomic E-state index is 0.169.